The van der Waals surface area contributed by atoms with Gasteiger partial charge in [-0.3, -0.25) is 9.59 Å². The quantitative estimate of drug-likeness (QED) is 0.761. The summed E-state index contributed by atoms with van der Waals surface area (Å²) >= 11 is 1.39. The topological polar surface area (TPSA) is 68.3 Å². The van der Waals surface area contributed by atoms with Crippen LogP contribution in [-0.2, 0) is 4.79 Å². The van der Waals surface area contributed by atoms with Gasteiger partial charge in [-0.15, -0.1) is 11.3 Å². The second kappa shape index (κ2) is 8.25. The molecule has 0 fully saturated rings. The van der Waals surface area contributed by atoms with Crippen LogP contribution in [0.1, 0.15) is 43.1 Å². The first-order chi connectivity index (χ1) is 11.8. The van der Waals surface area contributed by atoms with Crippen LogP contribution < -0.4 is 10.1 Å². The van der Waals surface area contributed by atoms with Gasteiger partial charge in [0, 0.05) is 18.5 Å². The van der Waals surface area contributed by atoms with Crippen LogP contribution in [0.3, 0.4) is 0 Å². The lowest BCUT2D eigenvalue weighted by Gasteiger charge is -2.17. The van der Waals surface area contributed by atoms with Crippen LogP contribution in [0, 0.1) is 12.8 Å². The molecule has 0 bridgehead atoms. The summed E-state index contributed by atoms with van der Waals surface area (Å²) < 4.78 is 5.52. The third-order valence-corrected chi connectivity index (χ3v) is 5.28. The number of amides is 1. The molecule has 0 saturated heterocycles. The molecule has 5 nitrogen and oxygen atoms in total. The summed E-state index contributed by atoms with van der Waals surface area (Å²) in [4.78, 5) is 28.5. The third-order valence-electron chi connectivity index (χ3n) is 3.98. The summed E-state index contributed by atoms with van der Waals surface area (Å²) in [7, 11) is 0. The van der Waals surface area contributed by atoms with E-state index < -0.39 is 0 Å². The number of ether oxygens (including phenoxy) is 1. The van der Waals surface area contributed by atoms with Gasteiger partial charge in [-0.2, -0.15) is 0 Å². The van der Waals surface area contributed by atoms with Gasteiger partial charge in [0.2, 0.25) is 0 Å². The first kappa shape index (κ1) is 19.1. The first-order valence-electron chi connectivity index (χ1n) is 8.29. The lowest BCUT2D eigenvalue weighted by molar-refractivity contribution is -0.124. The minimum atomic E-state index is -0.132. The molecule has 0 saturated carbocycles. The van der Waals surface area contributed by atoms with Gasteiger partial charge in [0.25, 0.3) is 5.91 Å². The van der Waals surface area contributed by atoms with E-state index in [2.05, 4.69) is 24.1 Å². The van der Waals surface area contributed by atoms with Gasteiger partial charge in [-0.05, 0) is 44.0 Å². The molecule has 2 rings (SSSR count). The molecular formula is C19H24N2O3S. The number of Topliss-reactive ketones (excluding diaryl/α,β-unsaturated/α-hetero) is 1. The summed E-state index contributed by atoms with van der Waals surface area (Å²) in [6, 6.07) is 7.48. The number of ketones is 1. The SMILES string of the molecule is CC(=O)c1sc(-c2ccc(OCC(=O)N[C@@H](C)C(C)C)cc2)nc1C. The Morgan fingerprint density at radius 1 is 1.20 bits per heavy atom. The molecule has 1 atom stereocenters. The smallest absolute Gasteiger partial charge is 0.258 e. The molecule has 0 aliphatic rings. The van der Waals surface area contributed by atoms with Gasteiger partial charge in [0.15, 0.2) is 12.4 Å². The van der Waals surface area contributed by atoms with E-state index in [4.69, 9.17) is 4.74 Å². The number of aromatic nitrogens is 1. The van der Waals surface area contributed by atoms with Gasteiger partial charge < -0.3 is 10.1 Å². The number of benzene rings is 1. The zero-order valence-electron chi connectivity index (χ0n) is 15.3. The van der Waals surface area contributed by atoms with Crippen molar-refractivity contribution in [1.29, 1.82) is 0 Å². The fraction of sp³-hybridized carbons (Fsp3) is 0.421. The highest BCUT2D eigenvalue weighted by Crippen LogP contribution is 2.29. The Bertz CT molecular complexity index is 751. The summed E-state index contributed by atoms with van der Waals surface area (Å²) in [5, 5.41) is 3.71. The number of aryl methyl sites for hydroxylation is 1. The van der Waals surface area contributed by atoms with E-state index in [9.17, 15) is 9.59 Å². The number of carbonyl (C=O) groups excluding carboxylic acids is 2. The van der Waals surface area contributed by atoms with Gasteiger partial charge in [0.05, 0.1) is 10.6 Å². The summed E-state index contributed by atoms with van der Waals surface area (Å²) in [5.41, 5.74) is 1.68. The maximum Gasteiger partial charge on any atom is 0.258 e. The monoisotopic (exact) mass is 360 g/mol. The molecule has 1 amide bonds. The number of hydrogen-bond donors (Lipinski definition) is 1. The Morgan fingerprint density at radius 2 is 1.84 bits per heavy atom. The second-order valence-corrected chi connectivity index (χ2v) is 7.40. The predicted octanol–water partition coefficient (Wildman–Crippen LogP) is 3.86. The van der Waals surface area contributed by atoms with Crippen LogP contribution >= 0.6 is 11.3 Å². The van der Waals surface area contributed by atoms with Crippen LogP contribution in [0.4, 0.5) is 0 Å². The minimum absolute atomic E-state index is 0.0126. The fourth-order valence-corrected chi connectivity index (χ4v) is 3.12. The van der Waals surface area contributed by atoms with Crippen molar-refractivity contribution in [2.45, 2.75) is 40.7 Å². The number of nitrogens with one attached hydrogen (secondary N) is 1. The standard InChI is InChI=1S/C19H24N2O3S/c1-11(2)12(3)20-17(23)10-24-16-8-6-15(7-9-16)19-21-13(4)18(25-19)14(5)22/h6-9,11-12H,10H2,1-5H3,(H,20,23)/t12-/m0/s1. The van der Waals surface area contributed by atoms with Gasteiger partial charge >= 0.3 is 0 Å². The number of carbonyl (C=O) groups is 2. The van der Waals surface area contributed by atoms with E-state index in [1.165, 1.54) is 11.3 Å². The van der Waals surface area contributed by atoms with Gasteiger partial charge in [-0.1, -0.05) is 13.8 Å². The van der Waals surface area contributed by atoms with Crippen LogP contribution in [0.2, 0.25) is 0 Å². The number of nitrogens with zero attached hydrogens (tertiary/aromatic N) is 1. The van der Waals surface area contributed by atoms with Crippen LogP contribution in [0.15, 0.2) is 24.3 Å². The van der Waals surface area contributed by atoms with Gasteiger partial charge in [-0.25, -0.2) is 4.98 Å². The molecule has 1 N–H and O–H groups in total. The van der Waals surface area contributed by atoms with Crippen molar-refractivity contribution in [3.05, 3.63) is 34.8 Å². The molecule has 6 heteroatoms. The number of rotatable bonds is 7. The van der Waals surface area contributed by atoms with E-state index in [0.717, 1.165) is 16.3 Å². The van der Waals surface area contributed by atoms with E-state index in [1.54, 1.807) is 19.1 Å². The lowest BCUT2D eigenvalue weighted by Crippen LogP contribution is -2.38. The zero-order chi connectivity index (χ0) is 18.6. The highest BCUT2D eigenvalue weighted by molar-refractivity contribution is 7.17. The molecule has 1 heterocycles. The molecule has 1 aromatic carbocycles. The van der Waals surface area contributed by atoms with Crippen LogP contribution in [0.5, 0.6) is 5.75 Å². The minimum Gasteiger partial charge on any atom is -0.484 e. The van der Waals surface area contributed by atoms with Crippen molar-refractivity contribution >= 4 is 23.0 Å². The molecular weight excluding hydrogens is 336 g/mol. The Morgan fingerprint density at radius 3 is 2.36 bits per heavy atom. The molecule has 0 aliphatic carbocycles. The van der Waals surface area contributed by atoms with E-state index in [1.807, 2.05) is 26.0 Å². The normalized spacial score (nSPS) is 12.1. The van der Waals surface area contributed by atoms with Crippen molar-refractivity contribution in [2.24, 2.45) is 5.92 Å². The van der Waals surface area contributed by atoms with Crippen molar-refractivity contribution < 1.29 is 14.3 Å². The van der Waals surface area contributed by atoms with Crippen molar-refractivity contribution in [2.75, 3.05) is 6.61 Å². The maximum atomic E-state index is 11.8. The molecule has 134 valence electrons. The van der Waals surface area contributed by atoms with Crippen LogP contribution in [0.25, 0.3) is 10.6 Å². The number of hydrogen-bond acceptors (Lipinski definition) is 5. The molecule has 0 aliphatic heterocycles. The average Bonchev–Trinajstić information content (AvgIpc) is 2.95. The Kier molecular flexibility index (Phi) is 6.31. The Hall–Kier alpha value is -2.21. The van der Waals surface area contributed by atoms with Crippen molar-refractivity contribution in [3.63, 3.8) is 0 Å². The third kappa shape index (κ3) is 5.13. The van der Waals surface area contributed by atoms with Crippen molar-refractivity contribution in [1.82, 2.24) is 10.3 Å². The predicted molar refractivity (Wildman–Crippen MR) is 100 cm³/mol. The zero-order valence-corrected chi connectivity index (χ0v) is 16.1. The van der Waals surface area contributed by atoms with E-state index in [0.29, 0.717) is 16.5 Å². The second-order valence-electron chi connectivity index (χ2n) is 6.40. The average molecular weight is 360 g/mol. The van der Waals surface area contributed by atoms with Crippen LogP contribution in [-0.4, -0.2) is 29.3 Å². The highest BCUT2D eigenvalue weighted by atomic mass is 32.1. The highest BCUT2D eigenvalue weighted by Gasteiger charge is 2.13. The fourth-order valence-electron chi connectivity index (χ4n) is 2.15. The van der Waals surface area contributed by atoms with E-state index in [-0.39, 0.29) is 24.3 Å². The van der Waals surface area contributed by atoms with Crippen molar-refractivity contribution in [3.8, 4) is 16.3 Å². The molecule has 0 radical (unpaired) electrons. The maximum absolute atomic E-state index is 11.8. The van der Waals surface area contributed by atoms with Gasteiger partial charge in [0.1, 0.15) is 10.8 Å². The summed E-state index contributed by atoms with van der Waals surface area (Å²) in [6.07, 6.45) is 0. The summed E-state index contributed by atoms with van der Waals surface area (Å²) in [6.45, 7) is 9.46. The molecule has 2 aromatic rings. The van der Waals surface area contributed by atoms with E-state index >= 15 is 0 Å². The lowest BCUT2D eigenvalue weighted by atomic mass is 10.1. The molecule has 1 aromatic heterocycles. The molecule has 25 heavy (non-hydrogen) atoms. The largest absolute Gasteiger partial charge is 0.484 e. The molecule has 0 unspecified atom stereocenters. The Labute approximate surface area is 152 Å². The summed E-state index contributed by atoms with van der Waals surface area (Å²) in [5.74, 6) is 0.899. The number of thiazole rings is 1. The molecule has 0 spiro atoms. The first-order valence-corrected chi connectivity index (χ1v) is 9.10. The Balaban J connectivity index is 1.97.